The highest BCUT2D eigenvalue weighted by Crippen LogP contribution is 2.49. The van der Waals surface area contributed by atoms with E-state index in [9.17, 15) is 4.79 Å². The van der Waals surface area contributed by atoms with Gasteiger partial charge < -0.3 is 23.8 Å². The monoisotopic (exact) mass is 381 g/mol. The van der Waals surface area contributed by atoms with Crippen molar-refractivity contribution in [1.29, 1.82) is 0 Å². The summed E-state index contributed by atoms with van der Waals surface area (Å²) < 4.78 is 22.3. The van der Waals surface area contributed by atoms with Crippen LogP contribution in [0.25, 0.3) is 6.08 Å². The number of carbonyl (C=O) groups is 1. The third kappa shape index (κ3) is 3.10. The fourth-order valence-corrected chi connectivity index (χ4v) is 3.82. The Kier molecular flexibility index (Phi) is 4.96. The number of benzene rings is 2. The molecule has 6 heteroatoms. The van der Waals surface area contributed by atoms with Gasteiger partial charge in [0.05, 0.1) is 19.8 Å². The van der Waals surface area contributed by atoms with E-state index < -0.39 is 0 Å². The Bertz CT molecular complexity index is 950. The predicted octanol–water partition coefficient (Wildman–Crippen LogP) is 3.32. The molecule has 4 rings (SSSR count). The maximum Gasteiger partial charge on any atom is 0.231 e. The summed E-state index contributed by atoms with van der Waals surface area (Å²) in [5.41, 5.74) is 3.39. The van der Waals surface area contributed by atoms with Gasteiger partial charge in [-0.05, 0) is 37.3 Å². The Balaban J connectivity index is 1.79. The number of allylic oxidation sites excluding steroid dienone is 1. The van der Waals surface area contributed by atoms with Gasteiger partial charge in [-0.3, -0.25) is 4.79 Å². The number of ketones is 1. The van der Waals surface area contributed by atoms with E-state index in [2.05, 4.69) is 11.9 Å². The van der Waals surface area contributed by atoms with Gasteiger partial charge in [0.1, 0.15) is 5.75 Å². The van der Waals surface area contributed by atoms with Crippen molar-refractivity contribution < 1.29 is 23.7 Å². The van der Waals surface area contributed by atoms with Gasteiger partial charge in [0.2, 0.25) is 12.5 Å². The zero-order valence-electron chi connectivity index (χ0n) is 16.3. The minimum Gasteiger partial charge on any atom is -0.496 e. The van der Waals surface area contributed by atoms with E-state index in [4.69, 9.17) is 18.9 Å². The van der Waals surface area contributed by atoms with Gasteiger partial charge in [0, 0.05) is 24.2 Å². The van der Waals surface area contributed by atoms with Crippen LogP contribution in [-0.4, -0.2) is 45.3 Å². The van der Waals surface area contributed by atoms with Crippen LogP contribution in [0.1, 0.15) is 27.0 Å². The molecule has 0 amide bonds. The van der Waals surface area contributed by atoms with Crippen LogP contribution in [0.5, 0.6) is 23.0 Å². The molecule has 6 nitrogen and oxygen atoms in total. The zero-order valence-corrected chi connectivity index (χ0v) is 16.3. The second-order valence-electron chi connectivity index (χ2n) is 6.86. The molecule has 2 aliphatic rings. The summed E-state index contributed by atoms with van der Waals surface area (Å²) in [5, 5.41) is 0. The highest BCUT2D eigenvalue weighted by Gasteiger charge is 2.34. The standard InChI is InChI=1S/C22H23NO5/c1-23-11-10-15-16(12-23)20(26-3)22-21(27-13-28-22)19(15)17(24)9-8-14-6-4-5-7-18(14)25-2/h4-9H,10-13H2,1-3H3/b9-8+. The van der Waals surface area contributed by atoms with Crippen LogP contribution in [0, 0.1) is 0 Å². The first kappa shape index (κ1) is 18.4. The molecule has 0 unspecified atom stereocenters. The fraction of sp³-hybridized carbons (Fsp3) is 0.318. The lowest BCUT2D eigenvalue weighted by Crippen LogP contribution is -2.28. The summed E-state index contributed by atoms with van der Waals surface area (Å²) in [6, 6.07) is 7.58. The molecule has 2 aromatic carbocycles. The van der Waals surface area contributed by atoms with Gasteiger partial charge in [-0.2, -0.15) is 0 Å². The molecular weight excluding hydrogens is 358 g/mol. The minimum absolute atomic E-state index is 0.0843. The molecule has 146 valence electrons. The van der Waals surface area contributed by atoms with Crippen molar-refractivity contribution in [3.05, 3.63) is 52.6 Å². The average molecular weight is 381 g/mol. The summed E-state index contributed by atoms with van der Waals surface area (Å²) >= 11 is 0. The molecule has 0 spiro atoms. The number of nitrogens with zero attached hydrogens (tertiary/aromatic N) is 1. The van der Waals surface area contributed by atoms with Crippen molar-refractivity contribution in [1.82, 2.24) is 4.90 Å². The van der Waals surface area contributed by atoms with Gasteiger partial charge in [-0.1, -0.05) is 18.2 Å². The van der Waals surface area contributed by atoms with Gasteiger partial charge >= 0.3 is 0 Å². The Morgan fingerprint density at radius 3 is 2.68 bits per heavy atom. The van der Waals surface area contributed by atoms with Crippen LogP contribution < -0.4 is 18.9 Å². The van der Waals surface area contributed by atoms with Crippen LogP contribution in [0.15, 0.2) is 30.3 Å². The van der Waals surface area contributed by atoms with Gasteiger partial charge in [0.25, 0.3) is 0 Å². The lowest BCUT2D eigenvalue weighted by atomic mass is 9.90. The molecule has 0 saturated heterocycles. The molecule has 0 bridgehead atoms. The lowest BCUT2D eigenvalue weighted by Gasteiger charge is -2.28. The summed E-state index contributed by atoms with van der Waals surface area (Å²) in [6.07, 6.45) is 4.09. The van der Waals surface area contributed by atoms with Crippen LogP contribution in [0.3, 0.4) is 0 Å². The fourth-order valence-electron chi connectivity index (χ4n) is 3.82. The summed E-state index contributed by atoms with van der Waals surface area (Å²) in [7, 11) is 5.29. The first-order chi connectivity index (χ1) is 13.6. The summed E-state index contributed by atoms with van der Waals surface area (Å²) in [5.74, 6) is 2.27. The quantitative estimate of drug-likeness (QED) is 0.585. The topological polar surface area (TPSA) is 57.2 Å². The van der Waals surface area contributed by atoms with E-state index >= 15 is 0 Å². The Morgan fingerprint density at radius 1 is 1.11 bits per heavy atom. The number of likely N-dealkylation sites (N-methyl/N-ethyl adjacent to an activating group) is 1. The van der Waals surface area contributed by atoms with Crippen LogP contribution >= 0.6 is 0 Å². The summed E-state index contributed by atoms with van der Waals surface area (Å²) in [4.78, 5) is 15.4. The first-order valence-electron chi connectivity index (χ1n) is 9.19. The van der Waals surface area contributed by atoms with E-state index in [1.807, 2.05) is 24.3 Å². The number of fused-ring (bicyclic) bond motifs is 2. The highest BCUT2D eigenvalue weighted by molar-refractivity contribution is 6.11. The highest BCUT2D eigenvalue weighted by atomic mass is 16.7. The maximum atomic E-state index is 13.2. The van der Waals surface area contributed by atoms with Crippen LogP contribution in [-0.2, 0) is 13.0 Å². The second kappa shape index (κ2) is 7.56. The first-order valence-corrected chi connectivity index (χ1v) is 9.19. The number of carbonyl (C=O) groups excluding carboxylic acids is 1. The largest absolute Gasteiger partial charge is 0.496 e. The molecule has 28 heavy (non-hydrogen) atoms. The van der Waals surface area contributed by atoms with Crippen molar-refractivity contribution in [2.75, 3.05) is 34.6 Å². The lowest BCUT2D eigenvalue weighted by molar-refractivity contribution is 0.104. The van der Waals surface area contributed by atoms with Crippen molar-refractivity contribution in [2.24, 2.45) is 0 Å². The number of ether oxygens (including phenoxy) is 4. The minimum atomic E-state index is -0.115. The Hall–Kier alpha value is -2.99. The van der Waals surface area contributed by atoms with E-state index in [-0.39, 0.29) is 12.6 Å². The number of hydrogen-bond donors (Lipinski definition) is 0. The number of hydrogen-bond acceptors (Lipinski definition) is 6. The van der Waals surface area contributed by atoms with Gasteiger partial charge in [0.15, 0.2) is 17.3 Å². The third-order valence-corrected chi connectivity index (χ3v) is 5.16. The van der Waals surface area contributed by atoms with Crippen molar-refractivity contribution in [3.8, 4) is 23.0 Å². The molecule has 0 N–H and O–H groups in total. The van der Waals surface area contributed by atoms with Gasteiger partial charge in [-0.15, -0.1) is 0 Å². The SMILES string of the molecule is COc1ccccc1/C=C/C(=O)c1c2c(c(OC)c3c1OCO3)CN(C)CC2. The molecule has 2 aromatic rings. The smallest absolute Gasteiger partial charge is 0.231 e. The molecular formula is C22H23NO5. The number of methoxy groups -OCH3 is 2. The van der Waals surface area contributed by atoms with Crippen LogP contribution in [0.4, 0.5) is 0 Å². The molecule has 0 aromatic heterocycles. The normalized spacial score (nSPS) is 15.5. The van der Waals surface area contributed by atoms with Crippen molar-refractivity contribution >= 4 is 11.9 Å². The van der Waals surface area contributed by atoms with Crippen molar-refractivity contribution in [3.63, 3.8) is 0 Å². The van der Waals surface area contributed by atoms with E-state index in [1.165, 1.54) is 0 Å². The molecule has 2 heterocycles. The third-order valence-electron chi connectivity index (χ3n) is 5.16. The molecule has 0 radical (unpaired) electrons. The molecule has 0 saturated carbocycles. The predicted molar refractivity (Wildman–Crippen MR) is 106 cm³/mol. The molecule has 0 aliphatic carbocycles. The number of para-hydroxylation sites is 1. The average Bonchev–Trinajstić information content (AvgIpc) is 3.19. The van der Waals surface area contributed by atoms with E-state index in [0.29, 0.717) is 29.4 Å². The van der Waals surface area contributed by atoms with Crippen LogP contribution in [0.2, 0.25) is 0 Å². The maximum absolute atomic E-state index is 13.2. The summed E-state index contributed by atoms with van der Waals surface area (Å²) in [6.45, 7) is 1.65. The molecule has 0 fully saturated rings. The van der Waals surface area contributed by atoms with Crippen molar-refractivity contribution in [2.45, 2.75) is 13.0 Å². The second-order valence-corrected chi connectivity index (χ2v) is 6.86. The zero-order chi connectivity index (χ0) is 19.7. The molecule has 2 aliphatic heterocycles. The number of rotatable bonds is 5. The Morgan fingerprint density at radius 2 is 1.89 bits per heavy atom. The molecule has 0 atom stereocenters. The van der Waals surface area contributed by atoms with E-state index in [0.717, 1.165) is 35.4 Å². The van der Waals surface area contributed by atoms with E-state index in [1.54, 1.807) is 26.4 Å². The Labute approximate surface area is 164 Å². The van der Waals surface area contributed by atoms with Gasteiger partial charge in [-0.25, -0.2) is 0 Å².